The molecule has 2 aromatic rings. The Bertz CT molecular complexity index is 743. The molecule has 0 atom stereocenters. The van der Waals surface area contributed by atoms with Crippen LogP contribution in [-0.4, -0.2) is 46.1 Å². The lowest BCUT2D eigenvalue weighted by Crippen LogP contribution is -2.38. The van der Waals surface area contributed by atoms with E-state index < -0.39 is 0 Å². The molecule has 27 heavy (non-hydrogen) atoms. The van der Waals surface area contributed by atoms with Crippen molar-refractivity contribution in [3.8, 4) is 0 Å². The molecule has 0 aliphatic heterocycles. The van der Waals surface area contributed by atoms with Gasteiger partial charge in [0.2, 0.25) is 5.89 Å². The largest absolute Gasteiger partial charge is 0.357 e. The molecule has 0 fully saturated rings. The van der Waals surface area contributed by atoms with Gasteiger partial charge in [0.05, 0.1) is 18.8 Å². The van der Waals surface area contributed by atoms with E-state index in [1.54, 1.807) is 0 Å². The average molecular weight is 391 g/mol. The van der Waals surface area contributed by atoms with Crippen molar-refractivity contribution in [1.29, 1.82) is 0 Å². The lowest BCUT2D eigenvalue weighted by molar-refractivity contribution is 0.372. The molecule has 8 heteroatoms. The Morgan fingerprint density at radius 3 is 2.81 bits per heavy atom. The highest BCUT2D eigenvalue weighted by atomic mass is 32.1. The molecule has 0 saturated heterocycles. The van der Waals surface area contributed by atoms with Gasteiger partial charge in [0.1, 0.15) is 5.01 Å². The first-order valence-corrected chi connectivity index (χ1v) is 10.7. The highest BCUT2D eigenvalue weighted by molar-refractivity contribution is 7.11. The molecule has 1 aliphatic rings. The molecule has 0 spiro atoms. The minimum absolute atomic E-state index is 0.276. The van der Waals surface area contributed by atoms with Crippen molar-refractivity contribution < 1.29 is 4.52 Å². The first-order chi connectivity index (χ1) is 13.1. The van der Waals surface area contributed by atoms with Gasteiger partial charge in [-0.05, 0) is 32.6 Å². The molecule has 7 nitrogen and oxygen atoms in total. The molecule has 2 aromatic heterocycles. The first kappa shape index (κ1) is 19.8. The summed E-state index contributed by atoms with van der Waals surface area (Å²) in [4.78, 5) is 17.6. The highest BCUT2D eigenvalue weighted by Gasteiger charge is 2.17. The van der Waals surface area contributed by atoms with Crippen molar-refractivity contribution >= 4 is 17.3 Å². The fourth-order valence-electron chi connectivity index (χ4n) is 3.08. The van der Waals surface area contributed by atoms with Crippen LogP contribution in [0.1, 0.15) is 66.8 Å². The SMILES string of the molecule is CCNC(=NCCc1nc(C(C)C)no1)N(C)Cc1nc2c(s1)CCCC2. The molecular weight excluding hydrogens is 360 g/mol. The molecule has 0 saturated carbocycles. The van der Waals surface area contributed by atoms with Gasteiger partial charge in [-0.1, -0.05) is 19.0 Å². The van der Waals surface area contributed by atoms with E-state index in [9.17, 15) is 0 Å². The Labute approximate surface area is 165 Å². The van der Waals surface area contributed by atoms with Gasteiger partial charge in [-0.3, -0.25) is 4.99 Å². The van der Waals surface area contributed by atoms with E-state index in [0.29, 0.717) is 18.9 Å². The second kappa shape index (κ2) is 9.30. The number of guanidine groups is 1. The topological polar surface area (TPSA) is 79.4 Å². The zero-order valence-corrected chi connectivity index (χ0v) is 17.6. The fourth-order valence-corrected chi connectivity index (χ4v) is 4.29. The first-order valence-electron chi connectivity index (χ1n) is 9.86. The Balaban J connectivity index is 1.59. The Hall–Kier alpha value is -1.96. The van der Waals surface area contributed by atoms with Crippen molar-refractivity contribution in [2.75, 3.05) is 20.1 Å². The molecule has 0 bridgehead atoms. The van der Waals surface area contributed by atoms with E-state index in [-0.39, 0.29) is 5.92 Å². The summed E-state index contributed by atoms with van der Waals surface area (Å²) in [6.07, 6.45) is 5.53. The quantitative estimate of drug-likeness (QED) is 0.578. The van der Waals surface area contributed by atoms with Crippen molar-refractivity contribution in [1.82, 2.24) is 25.3 Å². The number of nitrogens with one attached hydrogen (secondary N) is 1. The zero-order chi connectivity index (χ0) is 19.2. The van der Waals surface area contributed by atoms with E-state index in [1.165, 1.54) is 34.8 Å². The predicted molar refractivity (Wildman–Crippen MR) is 108 cm³/mol. The number of aromatic nitrogens is 3. The lowest BCUT2D eigenvalue weighted by atomic mass is 10.0. The molecule has 148 valence electrons. The van der Waals surface area contributed by atoms with Gasteiger partial charge >= 0.3 is 0 Å². The lowest BCUT2D eigenvalue weighted by Gasteiger charge is -2.20. The number of hydrogen-bond acceptors (Lipinski definition) is 6. The van der Waals surface area contributed by atoms with Crippen LogP contribution in [0.3, 0.4) is 0 Å². The summed E-state index contributed by atoms with van der Waals surface area (Å²) in [5, 5.41) is 8.54. The summed E-state index contributed by atoms with van der Waals surface area (Å²) in [6.45, 7) is 8.42. The summed E-state index contributed by atoms with van der Waals surface area (Å²) in [5.41, 5.74) is 1.31. The van der Waals surface area contributed by atoms with Crippen LogP contribution in [-0.2, 0) is 25.8 Å². The van der Waals surface area contributed by atoms with Gasteiger partial charge in [0, 0.05) is 30.8 Å². The third-order valence-corrected chi connectivity index (χ3v) is 5.69. The summed E-state index contributed by atoms with van der Waals surface area (Å²) < 4.78 is 5.30. The van der Waals surface area contributed by atoms with E-state index in [1.807, 2.05) is 11.3 Å². The molecule has 1 aliphatic carbocycles. The summed E-state index contributed by atoms with van der Waals surface area (Å²) in [7, 11) is 2.06. The van der Waals surface area contributed by atoms with Crippen molar-refractivity contribution in [2.45, 2.75) is 65.3 Å². The normalized spacial score (nSPS) is 14.5. The maximum absolute atomic E-state index is 5.30. The summed E-state index contributed by atoms with van der Waals surface area (Å²) in [5.74, 6) is 2.56. The molecule has 3 rings (SSSR count). The van der Waals surface area contributed by atoms with Gasteiger partial charge in [-0.2, -0.15) is 4.98 Å². The smallest absolute Gasteiger partial charge is 0.228 e. The van der Waals surface area contributed by atoms with Gasteiger partial charge < -0.3 is 14.7 Å². The fraction of sp³-hybridized carbons (Fsp3) is 0.684. The Morgan fingerprint density at radius 2 is 2.11 bits per heavy atom. The minimum Gasteiger partial charge on any atom is -0.357 e. The van der Waals surface area contributed by atoms with Crippen molar-refractivity contribution in [3.05, 3.63) is 27.3 Å². The molecule has 2 heterocycles. The van der Waals surface area contributed by atoms with Crippen LogP contribution in [0.25, 0.3) is 0 Å². The van der Waals surface area contributed by atoms with E-state index in [2.05, 4.69) is 48.2 Å². The number of rotatable bonds is 7. The molecule has 0 radical (unpaired) electrons. The number of thiazole rings is 1. The summed E-state index contributed by atoms with van der Waals surface area (Å²) in [6, 6.07) is 0. The maximum atomic E-state index is 5.30. The number of nitrogens with zero attached hydrogens (tertiary/aromatic N) is 5. The number of aliphatic imine (C=N–C) groups is 1. The van der Waals surface area contributed by atoms with Crippen LogP contribution in [0, 0.1) is 0 Å². The van der Waals surface area contributed by atoms with Crippen LogP contribution in [0.5, 0.6) is 0 Å². The van der Waals surface area contributed by atoms with Crippen LogP contribution < -0.4 is 5.32 Å². The number of fused-ring (bicyclic) bond motifs is 1. The van der Waals surface area contributed by atoms with Crippen molar-refractivity contribution in [2.24, 2.45) is 4.99 Å². The Morgan fingerprint density at radius 1 is 1.30 bits per heavy atom. The third-order valence-electron chi connectivity index (χ3n) is 4.55. The van der Waals surface area contributed by atoms with Crippen LogP contribution in [0.4, 0.5) is 0 Å². The van der Waals surface area contributed by atoms with Crippen LogP contribution in [0.15, 0.2) is 9.52 Å². The average Bonchev–Trinajstić information content (AvgIpc) is 3.27. The maximum Gasteiger partial charge on any atom is 0.228 e. The monoisotopic (exact) mass is 390 g/mol. The summed E-state index contributed by atoms with van der Waals surface area (Å²) >= 11 is 1.86. The Kier molecular flexibility index (Phi) is 6.82. The second-order valence-corrected chi connectivity index (χ2v) is 8.40. The van der Waals surface area contributed by atoms with Crippen LogP contribution >= 0.6 is 11.3 Å². The van der Waals surface area contributed by atoms with Gasteiger partial charge in [-0.15, -0.1) is 11.3 Å². The van der Waals surface area contributed by atoms with Gasteiger partial charge in [-0.25, -0.2) is 4.98 Å². The second-order valence-electron chi connectivity index (χ2n) is 7.23. The van der Waals surface area contributed by atoms with Crippen LogP contribution in [0.2, 0.25) is 0 Å². The van der Waals surface area contributed by atoms with Crippen molar-refractivity contribution in [3.63, 3.8) is 0 Å². The molecule has 0 aromatic carbocycles. The van der Waals surface area contributed by atoms with E-state index in [4.69, 9.17) is 14.5 Å². The standard InChI is InChI=1S/C19H30N6OS/c1-5-20-19(21-11-10-16-23-18(13(2)3)24-26-16)25(4)12-17-22-14-8-6-7-9-15(14)27-17/h13H,5-12H2,1-4H3,(H,20,21). The number of hydrogen-bond donors (Lipinski definition) is 1. The predicted octanol–water partition coefficient (Wildman–Crippen LogP) is 3.17. The third kappa shape index (κ3) is 5.28. The molecular formula is C19H30N6OS. The van der Waals surface area contributed by atoms with E-state index >= 15 is 0 Å². The highest BCUT2D eigenvalue weighted by Crippen LogP contribution is 2.27. The molecule has 1 N–H and O–H groups in total. The molecule has 0 amide bonds. The molecule has 0 unspecified atom stereocenters. The number of aryl methyl sites for hydroxylation is 2. The zero-order valence-electron chi connectivity index (χ0n) is 16.8. The minimum atomic E-state index is 0.276. The van der Waals surface area contributed by atoms with Gasteiger partial charge in [0.15, 0.2) is 11.8 Å². The van der Waals surface area contributed by atoms with Gasteiger partial charge in [0.25, 0.3) is 0 Å². The van der Waals surface area contributed by atoms with E-state index in [0.717, 1.165) is 31.3 Å².